The molecule has 1 amide bonds. The first kappa shape index (κ1) is 23.6. The third kappa shape index (κ3) is 6.71. The summed E-state index contributed by atoms with van der Waals surface area (Å²) in [4.78, 5) is 34.7. The fraction of sp³-hybridized carbons (Fsp3) is 0.0870. The van der Waals surface area contributed by atoms with Crippen LogP contribution in [-0.2, 0) is 4.79 Å². The molecule has 0 atom stereocenters. The van der Waals surface area contributed by atoms with Gasteiger partial charge in [-0.1, -0.05) is 34.1 Å². The van der Waals surface area contributed by atoms with Crippen LogP contribution in [-0.4, -0.2) is 29.6 Å². The first-order valence-corrected chi connectivity index (χ1v) is 10.5. The van der Waals surface area contributed by atoms with E-state index in [2.05, 4.69) is 31.8 Å². The third-order valence-corrected chi connectivity index (χ3v) is 4.96. The van der Waals surface area contributed by atoms with Gasteiger partial charge in [-0.3, -0.25) is 14.9 Å². The number of carbonyl (C=O) groups excluding carboxylic acids is 2. The van der Waals surface area contributed by atoms with Gasteiger partial charge in [0, 0.05) is 27.9 Å². The van der Waals surface area contributed by atoms with Crippen LogP contribution in [0.4, 0.5) is 11.4 Å². The number of nitrogens with one attached hydrogen (secondary N) is 2. The second-order valence-electron chi connectivity index (χ2n) is 6.84. The molecular formula is C23H19BrN4O5. The van der Waals surface area contributed by atoms with Crippen molar-refractivity contribution in [1.82, 2.24) is 5.43 Å². The number of halogens is 1. The number of hydrogen-bond acceptors (Lipinski definition) is 7. The van der Waals surface area contributed by atoms with Crippen LogP contribution < -0.4 is 15.5 Å². The Bertz CT molecular complexity index is 1210. The molecule has 0 spiro atoms. The van der Waals surface area contributed by atoms with Crippen molar-refractivity contribution in [2.75, 3.05) is 11.9 Å². The number of non-ortho nitro benzene ring substituents is 1. The molecule has 3 rings (SSSR count). The van der Waals surface area contributed by atoms with Gasteiger partial charge in [-0.15, -0.1) is 0 Å². The average Bonchev–Trinajstić information content (AvgIpc) is 2.80. The number of aryl methyl sites for hydroxylation is 1. The second kappa shape index (κ2) is 11.0. The highest BCUT2D eigenvalue weighted by Gasteiger charge is 2.14. The molecule has 3 aromatic rings. The summed E-state index contributed by atoms with van der Waals surface area (Å²) in [5, 5.41) is 17.7. The Kier molecular flexibility index (Phi) is 7.87. The van der Waals surface area contributed by atoms with Gasteiger partial charge in [-0.25, -0.2) is 10.2 Å². The van der Waals surface area contributed by atoms with Gasteiger partial charge < -0.3 is 10.1 Å². The summed E-state index contributed by atoms with van der Waals surface area (Å²) in [6.45, 7) is 1.97. The van der Waals surface area contributed by atoms with Gasteiger partial charge in [-0.2, -0.15) is 5.10 Å². The van der Waals surface area contributed by atoms with Crippen LogP contribution in [0.25, 0.3) is 0 Å². The van der Waals surface area contributed by atoms with Crippen LogP contribution in [0.1, 0.15) is 21.5 Å². The molecule has 0 aliphatic rings. The predicted molar refractivity (Wildman–Crippen MR) is 128 cm³/mol. The normalized spacial score (nSPS) is 10.6. The van der Waals surface area contributed by atoms with Gasteiger partial charge in [0.25, 0.3) is 11.6 Å². The van der Waals surface area contributed by atoms with Crippen molar-refractivity contribution in [2.24, 2.45) is 5.10 Å². The zero-order chi connectivity index (χ0) is 23.8. The number of benzene rings is 3. The van der Waals surface area contributed by atoms with Crippen molar-refractivity contribution in [1.29, 1.82) is 0 Å². The van der Waals surface area contributed by atoms with Crippen LogP contribution in [0.15, 0.2) is 76.3 Å². The van der Waals surface area contributed by atoms with E-state index in [9.17, 15) is 19.7 Å². The summed E-state index contributed by atoms with van der Waals surface area (Å²) in [5.41, 5.74) is 4.75. The molecule has 0 bridgehead atoms. The summed E-state index contributed by atoms with van der Waals surface area (Å²) >= 11 is 3.34. The molecular weight excluding hydrogens is 492 g/mol. The highest BCUT2D eigenvalue weighted by molar-refractivity contribution is 9.10. The number of hydrogen-bond donors (Lipinski definition) is 2. The molecule has 9 nitrogen and oxygen atoms in total. The molecule has 0 fully saturated rings. The zero-order valence-corrected chi connectivity index (χ0v) is 19.0. The minimum Gasteiger partial charge on any atom is -0.422 e. The monoisotopic (exact) mass is 510 g/mol. The molecule has 0 aliphatic carbocycles. The summed E-state index contributed by atoms with van der Waals surface area (Å²) in [7, 11) is 0. The van der Waals surface area contributed by atoms with E-state index < -0.39 is 10.9 Å². The number of hydrazone groups is 1. The molecule has 0 unspecified atom stereocenters. The number of esters is 1. The lowest BCUT2D eigenvalue weighted by Gasteiger charge is -2.09. The van der Waals surface area contributed by atoms with Gasteiger partial charge in [0.15, 0.2) is 0 Å². The Hall–Kier alpha value is -4.05. The highest BCUT2D eigenvalue weighted by atomic mass is 79.9. The Balaban J connectivity index is 1.63. The van der Waals surface area contributed by atoms with Gasteiger partial charge in [0.1, 0.15) is 5.75 Å². The van der Waals surface area contributed by atoms with E-state index >= 15 is 0 Å². The fourth-order valence-electron chi connectivity index (χ4n) is 2.75. The fourth-order valence-corrected chi connectivity index (χ4v) is 3.13. The standard InChI is InChI=1S/C23H19BrN4O5/c1-15-4-2-3-5-20(15)25-14-22(29)27-26-13-17-12-18(24)8-11-21(17)33-23(30)16-6-9-19(10-7-16)28(31)32/h2-13,25H,14H2,1H3,(H,27,29)/b26-13-. The number of anilines is 1. The molecule has 3 aromatic carbocycles. The number of nitrogens with zero attached hydrogens (tertiary/aromatic N) is 2. The highest BCUT2D eigenvalue weighted by Crippen LogP contribution is 2.23. The lowest BCUT2D eigenvalue weighted by molar-refractivity contribution is -0.384. The Morgan fingerprint density at radius 1 is 1.12 bits per heavy atom. The molecule has 33 heavy (non-hydrogen) atoms. The third-order valence-electron chi connectivity index (χ3n) is 4.47. The summed E-state index contributed by atoms with van der Waals surface area (Å²) in [5.74, 6) is -0.833. The topological polar surface area (TPSA) is 123 Å². The summed E-state index contributed by atoms with van der Waals surface area (Å²) in [6, 6.07) is 17.6. The van der Waals surface area contributed by atoms with Crippen LogP contribution in [0.3, 0.4) is 0 Å². The van der Waals surface area contributed by atoms with E-state index in [0.717, 1.165) is 11.3 Å². The van der Waals surface area contributed by atoms with Crippen molar-refractivity contribution in [2.45, 2.75) is 6.92 Å². The number of rotatable bonds is 8. The lowest BCUT2D eigenvalue weighted by atomic mass is 10.2. The van der Waals surface area contributed by atoms with Crippen molar-refractivity contribution in [3.05, 3.63) is 98.0 Å². The Labute approximate surface area is 197 Å². The van der Waals surface area contributed by atoms with E-state index in [-0.39, 0.29) is 29.5 Å². The number of amides is 1. The molecule has 0 radical (unpaired) electrons. The lowest BCUT2D eigenvalue weighted by Crippen LogP contribution is -2.26. The molecule has 0 saturated heterocycles. The molecule has 0 saturated carbocycles. The minimum atomic E-state index is -0.687. The van der Waals surface area contributed by atoms with Crippen LogP contribution >= 0.6 is 15.9 Å². The van der Waals surface area contributed by atoms with Crippen molar-refractivity contribution < 1.29 is 19.2 Å². The zero-order valence-electron chi connectivity index (χ0n) is 17.4. The van der Waals surface area contributed by atoms with Gasteiger partial charge in [0.2, 0.25) is 0 Å². The molecule has 0 heterocycles. The molecule has 168 valence electrons. The van der Waals surface area contributed by atoms with Gasteiger partial charge in [-0.05, 0) is 48.9 Å². The molecule has 10 heteroatoms. The SMILES string of the molecule is Cc1ccccc1NCC(=O)N/N=C\c1cc(Br)ccc1OC(=O)c1ccc([N+](=O)[O-])cc1. The van der Waals surface area contributed by atoms with Crippen molar-refractivity contribution >= 4 is 45.4 Å². The van der Waals surface area contributed by atoms with Crippen LogP contribution in [0, 0.1) is 17.0 Å². The quantitative estimate of drug-likeness (QED) is 0.152. The largest absolute Gasteiger partial charge is 0.422 e. The number of ether oxygens (including phenoxy) is 1. The number of carbonyl (C=O) groups is 2. The van der Waals surface area contributed by atoms with Crippen LogP contribution in [0.5, 0.6) is 5.75 Å². The molecule has 0 aliphatic heterocycles. The molecule has 0 aromatic heterocycles. The van der Waals surface area contributed by atoms with E-state index in [1.54, 1.807) is 18.2 Å². The van der Waals surface area contributed by atoms with Crippen molar-refractivity contribution in [3.8, 4) is 5.75 Å². The summed E-state index contributed by atoms with van der Waals surface area (Å²) < 4.78 is 6.13. The minimum absolute atomic E-state index is 0.0304. The second-order valence-corrected chi connectivity index (χ2v) is 7.75. The number of nitro benzene ring substituents is 1. The summed E-state index contributed by atoms with van der Waals surface area (Å²) in [6.07, 6.45) is 1.36. The van der Waals surface area contributed by atoms with E-state index in [1.807, 2.05) is 31.2 Å². The number of nitro groups is 1. The van der Waals surface area contributed by atoms with E-state index in [1.165, 1.54) is 30.5 Å². The maximum atomic E-state index is 12.4. The first-order valence-electron chi connectivity index (χ1n) is 9.71. The predicted octanol–water partition coefficient (Wildman–Crippen LogP) is 4.45. The number of para-hydroxylation sites is 1. The van der Waals surface area contributed by atoms with E-state index in [0.29, 0.717) is 10.0 Å². The van der Waals surface area contributed by atoms with Gasteiger partial charge >= 0.3 is 5.97 Å². The average molecular weight is 511 g/mol. The maximum absolute atomic E-state index is 12.4. The van der Waals surface area contributed by atoms with Crippen LogP contribution in [0.2, 0.25) is 0 Å². The first-order chi connectivity index (χ1) is 15.8. The van der Waals surface area contributed by atoms with Crippen molar-refractivity contribution in [3.63, 3.8) is 0 Å². The van der Waals surface area contributed by atoms with Gasteiger partial charge in [0.05, 0.1) is 23.2 Å². The van der Waals surface area contributed by atoms with E-state index in [4.69, 9.17) is 4.74 Å². The Morgan fingerprint density at radius 2 is 1.85 bits per heavy atom. The maximum Gasteiger partial charge on any atom is 0.343 e. The smallest absolute Gasteiger partial charge is 0.343 e. The Morgan fingerprint density at radius 3 is 2.55 bits per heavy atom. The molecule has 2 N–H and O–H groups in total.